The standard InChI is InChI=1S/C22H32O3/c1-14(2)19-16(10-11-18(24-6)21(19)25-7)13-17(23)20-15(3)9-8-12-22(20,4)5/h10-11,14H,8-9,12-13H2,1-7H3. The third-order valence-electron chi connectivity index (χ3n) is 5.34. The number of benzene rings is 1. The minimum atomic E-state index is -0.0338. The predicted molar refractivity (Wildman–Crippen MR) is 103 cm³/mol. The Labute approximate surface area is 152 Å². The molecule has 0 saturated carbocycles. The van der Waals surface area contributed by atoms with Gasteiger partial charge in [-0.15, -0.1) is 0 Å². The smallest absolute Gasteiger partial charge is 0.164 e. The summed E-state index contributed by atoms with van der Waals surface area (Å²) in [5.74, 6) is 1.96. The maximum absolute atomic E-state index is 13.2. The summed E-state index contributed by atoms with van der Waals surface area (Å²) < 4.78 is 11.0. The lowest BCUT2D eigenvalue weighted by Gasteiger charge is -2.33. The van der Waals surface area contributed by atoms with Crippen molar-refractivity contribution in [2.45, 2.75) is 66.2 Å². The number of hydrogen-bond donors (Lipinski definition) is 0. The van der Waals surface area contributed by atoms with E-state index in [1.54, 1.807) is 14.2 Å². The third-order valence-corrected chi connectivity index (χ3v) is 5.34. The van der Waals surface area contributed by atoms with Gasteiger partial charge < -0.3 is 9.47 Å². The van der Waals surface area contributed by atoms with Gasteiger partial charge in [-0.3, -0.25) is 4.79 Å². The second-order valence-corrected chi connectivity index (χ2v) is 8.02. The van der Waals surface area contributed by atoms with E-state index in [1.807, 2.05) is 12.1 Å². The average molecular weight is 344 g/mol. The quantitative estimate of drug-likeness (QED) is 0.687. The van der Waals surface area contributed by atoms with E-state index >= 15 is 0 Å². The molecule has 1 aliphatic carbocycles. The van der Waals surface area contributed by atoms with Crippen molar-refractivity contribution in [2.75, 3.05) is 14.2 Å². The van der Waals surface area contributed by atoms with E-state index in [2.05, 4.69) is 34.6 Å². The first kappa shape index (κ1) is 19.6. The average Bonchev–Trinajstić information content (AvgIpc) is 2.52. The zero-order valence-electron chi connectivity index (χ0n) is 16.8. The molecule has 0 saturated heterocycles. The number of rotatable bonds is 6. The molecule has 0 atom stereocenters. The van der Waals surface area contributed by atoms with Crippen molar-refractivity contribution in [3.8, 4) is 11.5 Å². The molecule has 0 spiro atoms. The normalized spacial score (nSPS) is 17.0. The number of ether oxygens (including phenoxy) is 2. The number of carbonyl (C=O) groups excluding carboxylic acids is 1. The minimum absolute atomic E-state index is 0.0338. The summed E-state index contributed by atoms with van der Waals surface area (Å²) in [4.78, 5) is 13.2. The van der Waals surface area contributed by atoms with E-state index in [0.29, 0.717) is 6.42 Å². The fourth-order valence-corrected chi connectivity index (χ4v) is 4.28. The van der Waals surface area contributed by atoms with Crippen LogP contribution in [0.1, 0.15) is 70.9 Å². The lowest BCUT2D eigenvalue weighted by Crippen LogP contribution is -2.27. The van der Waals surface area contributed by atoms with Crippen LogP contribution in [0.5, 0.6) is 11.5 Å². The highest BCUT2D eigenvalue weighted by molar-refractivity contribution is 5.99. The van der Waals surface area contributed by atoms with E-state index in [9.17, 15) is 4.79 Å². The second-order valence-electron chi connectivity index (χ2n) is 8.02. The predicted octanol–water partition coefficient (Wildman–Crippen LogP) is 5.47. The van der Waals surface area contributed by atoms with E-state index in [1.165, 1.54) is 12.0 Å². The number of allylic oxidation sites excluding steroid dienone is 2. The minimum Gasteiger partial charge on any atom is -0.493 e. The Balaban J connectivity index is 2.45. The second kappa shape index (κ2) is 7.63. The summed E-state index contributed by atoms with van der Waals surface area (Å²) >= 11 is 0. The van der Waals surface area contributed by atoms with E-state index in [4.69, 9.17) is 9.47 Å². The molecule has 0 aromatic heterocycles. The molecule has 0 amide bonds. The molecule has 1 aliphatic rings. The molecule has 2 rings (SSSR count). The SMILES string of the molecule is COc1ccc(CC(=O)C2=C(C)CCCC2(C)C)c(C(C)C)c1OC. The van der Waals surface area contributed by atoms with E-state index in [-0.39, 0.29) is 17.1 Å². The summed E-state index contributed by atoms with van der Waals surface area (Å²) in [5.41, 5.74) is 4.37. The van der Waals surface area contributed by atoms with Crippen LogP contribution in [0.4, 0.5) is 0 Å². The lowest BCUT2D eigenvalue weighted by atomic mass is 9.70. The van der Waals surface area contributed by atoms with E-state index < -0.39 is 0 Å². The van der Waals surface area contributed by atoms with Crippen LogP contribution >= 0.6 is 0 Å². The van der Waals surface area contributed by atoms with Gasteiger partial charge in [-0.2, -0.15) is 0 Å². The van der Waals surface area contributed by atoms with Crippen LogP contribution in [0.15, 0.2) is 23.3 Å². The molecular weight excluding hydrogens is 312 g/mol. The largest absolute Gasteiger partial charge is 0.493 e. The molecule has 25 heavy (non-hydrogen) atoms. The van der Waals surface area contributed by atoms with Gasteiger partial charge in [0.1, 0.15) is 0 Å². The zero-order valence-corrected chi connectivity index (χ0v) is 16.8. The third kappa shape index (κ3) is 3.91. The van der Waals surface area contributed by atoms with Gasteiger partial charge in [-0.1, -0.05) is 39.3 Å². The maximum Gasteiger partial charge on any atom is 0.164 e. The summed E-state index contributed by atoms with van der Waals surface area (Å²) in [6.07, 6.45) is 3.70. The van der Waals surface area contributed by atoms with Crippen LogP contribution in [-0.2, 0) is 11.2 Å². The lowest BCUT2D eigenvalue weighted by molar-refractivity contribution is -0.116. The van der Waals surface area contributed by atoms with Gasteiger partial charge in [-0.25, -0.2) is 0 Å². The number of carbonyl (C=O) groups is 1. The monoisotopic (exact) mass is 344 g/mol. The molecule has 1 aromatic rings. The Morgan fingerprint density at radius 3 is 2.40 bits per heavy atom. The summed E-state index contributed by atoms with van der Waals surface area (Å²) in [7, 11) is 3.30. The van der Waals surface area contributed by atoms with Crippen molar-refractivity contribution in [3.05, 3.63) is 34.4 Å². The molecule has 138 valence electrons. The van der Waals surface area contributed by atoms with Crippen molar-refractivity contribution in [2.24, 2.45) is 5.41 Å². The Morgan fingerprint density at radius 1 is 1.20 bits per heavy atom. The highest BCUT2D eigenvalue weighted by Gasteiger charge is 2.33. The van der Waals surface area contributed by atoms with Crippen molar-refractivity contribution in [3.63, 3.8) is 0 Å². The summed E-state index contributed by atoms with van der Waals surface area (Å²) in [6.45, 7) is 10.8. The molecule has 0 heterocycles. The first-order valence-electron chi connectivity index (χ1n) is 9.20. The first-order chi connectivity index (χ1) is 11.7. The molecule has 0 unspecified atom stereocenters. The number of methoxy groups -OCH3 is 2. The van der Waals surface area contributed by atoms with Crippen molar-refractivity contribution < 1.29 is 14.3 Å². The first-order valence-corrected chi connectivity index (χ1v) is 9.20. The van der Waals surface area contributed by atoms with E-state index in [0.717, 1.165) is 41.0 Å². The van der Waals surface area contributed by atoms with Crippen LogP contribution < -0.4 is 9.47 Å². The number of ketones is 1. The molecule has 0 bridgehead atoms. The van der Waals surface area contributed by atoms with Gasteiger partial charge in [0.05, 0.1) is 14.2 Å². The van der Waals surface area contributed by atoms with Crippen LogP contribution in [0, 0.1) is 5.41 Å². The Morgan fingerprint density at radius 2 is 1.88 bits per heavy atom. The summed E-state index contributed by atoms with van der Waals surface area (Å²) in [6, 6.07) is 3.92. The van der Waals surface area contributed by atoms with Crippen LogP contribution in [0.3, 0.4) is 0 Å². The van der Waals surface area contributed by atoms with Crippen LogP contribution in [0.2, 0.25) is 0 Å². The fraction of sp³-hybridized carbons (Fsp3) is 0.591. The Bertz CT molecular complexity index is 681. The fourth-order valence-electron chi connectivity index (χ4n) is 4.28. The van der Waals surface area contributed by atoms with Gasteiger partial charge in [0, 0.05) is 17.6 Å². The van der Waals surface area contributed by atoms with Crippen molar-refractivity contribution in [1.29, 1.82) is 0 Å². The molecule has 0 N–H and O–H groups in total. The Hall–Kier alpha value is -1.77. The van der Waals surface area contributed by atoms with Gasteiger partial charge in [-0.05, 0) is 49.1 Å². The highest BCUT2D eigenvalue weighted by atomic mass is 16.5. The summed E-state index contributed by atoms with van der Waals surface area (Å²) in [5, 5.41) is 0. The Kier molecular flexibility index (Phi) is 5.97. The van der Waals surface area contributed by atoms with Crippen LogP contribution in [0.25, 0.3) is 0 Å². The number of hydrogen-bond acceptors (Lipinski definition) is 3. The number of Topliss-reactive ketones (excluding diaryl/α,β-unsaturated/α-hetero) is 1. The van der Waals surface area contributed by atoms with Gasteiger partial charge in [0.15, 0.2) is 17.3 Å². The van der Waals surface area contributed by atoms with Crippen molar-refractivity contribution in [1.82, 2.24) is 0 Å². The molecule has 3 heteroatoms. The van der Waals surface area contributed by atoms with Gasteiger partial charge in [0.2, 0.25) is 0 Å². The molecule has 0 aliphatic heterocycles. The molecule has 0 radical (unpaired) electrons. The van der Waals surface area contributed by atoms with Crippen molar-refractivity contribution >= 4 is 5.78 Å². The molecule has 0 fully saturated rings. The zero-order chi connectivity index (χ0) is 18.8. The van der Waals surface area contributed by atoms with Crippen LogP contribution in [-0.4, -0.2) is 20.0 Å². The molecule has 3 nitrogen and oxygen atoms in total. The molecule has 1 aromatic carbocycles. The highest BCUT2D eigenvalue weighted by Crippen LogP contribution is 2.42. The molecular formula is C22H32O3. The van der Waals surface area contributed by atoms with Gasteiger partial charge in [0.25, 0.3) is 0 Å². The van der Waals surface area contributed by atoms with Gasteiger partial charge >= 0.3 is 0 Å². The topological polar surface area (TPSA) is 35.5 Å². The maximum atomic E-state index is 13.2.